The molecule has 0 unspecified atom stereocenters. The molecule has 2 aromatic heterocycles. The van der Waals surface area contributed by atoms with E-state index in [-0.39, 0.29) is 11.7 Å². The number of rotatable bonds is 5. The van der Waals surface area contributed by atoms with Gasteiger partial charge in [0.1, 0.15) is 5.82 Å². The van der Waals surface area contributed by atoms with Crippen LogP contribution in [0.2, 0.25) is 0 Å². The van der Waals surface area contributed by atoms with Crippen molar-refractivity contribution in [3.63, 3.8) is 0 Å². The van der Waals surface area contributed by atoms with Gasteiger partial charge in [0, 0.05) is 42.7 Å². The van der Waals surface area contributed by atoms with Crippen LogP contribution in [0, 0.1) is 5.82 Å². The highest BCUT2D eigenvalue weighted by atomic mass is 19.1. The van der Waals surface area contributed by atoms with Crippen molar-refractivity contribution in [2.45, 2.75) is 6.54 Å². The minimum absolute atomic E-state index is 0.111. The molecule has 0 aliphatic heterocycles. The Kier molecular flexibility index (Phi) is 4.72. The molecule has 0 bridgehead atoms. The molecule has 0 saturated carbocycles. The number of nitrogens with zero attached hydrogens (tertiary/aromatic N) is 4. The molecule has 4 rings (SSSR count). The van der Waals surface area contributed by atoms with Crippen LogP contribution in [0.4, 0.5) is 4.39 Å². The van der Waals surface area contributed by atoms with Gasteiger partial charge in [-0.25, -0.2) is 9.07 Å². The molecular weight excluding hydrogens is 357 g/mol. The lowest BCUT2D eigenvalue weighted by molar-refractivity contribution is 0.0785. The van der Waals surface area contributed by atoms with Crippen molar-refractivity contribution < 1.29 is 9.18 Å². The molecule has 28 heavy (non-hydrogen) atoms. The highest BCUT2D eigenvalue weighted by Crippen LogP contribution is 2.23. The lowest BCUT2D eigenvalue weighted by Crippen LogP contribution is -2.26. The third-order valence-electron chi connectivity index (χ3n) is 4.47. The van der Waals surface area contributed by atoms with Gasteiger partial charge in [0.2, 0.25) is 0 Å². The van der Waals surface area contributed by atoms with Gasteiger partial charge in [-0.3, -0.25) is 9.89 Å². The second kappa shape index (κ2) is 7.48. The van der Waals surface area contributed by atoms with E-state index in [1.165, 1.54) is 12.1 Å². The van der Waals surface area contributed by atoms with Crippen LogP contribution in [0.15, 0.2) is 73.2 Å². The van der Waals surface area contributed by atoms with E-state index >= 15 is 0 Å². The monoisotopic (exact) mass is 375 g/mol. The Hall–Kier alpha value is -3.74. The first-order valence-electron chi connectivity index (χ1n) is 8.75. The van der Waals surface area contributed by atoms with Crippen LogP contribution in [-0.4, -0.2) is 37.8 Å². The van der Waals surface area contributed by atoms with Gasteiger partial charge in [-0.05, 0) is 48.5 Å². The maximum absolute atomic E-state index is 13.2. The zero-order valence-electron chi connectivity index (χ0n) is 15.2. The van der Waals surface area contributed by atoms with Crippen molar-refractivity contribution in [1.29, 1.82) is 0 Å². The van der Waals surface area contributed by atoms with Crippen molar-refractivity contribution in [2.75, 3.05) is 7.05 Å². The fraction of sp³-hybridized carbons (Fsp3) is 0.0952. The average molecular weight is 375 g/mol. The minimum atomic E-state index is -0.297. The van der Waals surface area contributed by atoms with E-state index in [0.717, 1.165) is 22.5 Å². The summed E-state index contributed by atoms with van der Waals surface area (Å²) in [6.45, 7) is 0.369. The average Bonchev–Trinajstić information content (AvgIpc) is 3.40. The van der Waals surface area contributed by atoms with Crippen LogP contribution >= 0.6 is 0 Å². The lowest BCUT2D eigenvalue weighted by atomic mass is 10.1. The topological polar surface area (TPSA) is 66.8 Å². The Labute approximate surface area is 161 Å². The van der Waals surface area contributed by atoms with Crippen LogP contribution in [0.1, 0.15) is 15.9 Å². The number of amides is 1. The van der Waals surface area contributed by atoms with E-state index in [0.29, 0.717) is 12.1 Å². The summed E-state index contributed by atoms with van der Waals surface area (Å²) < 4.78 is 14.9. The van der Waals surface area contributed by atoms with Crippen molar-refractivity contribution >= 4 is 5.91 Å². The lowest BCUT2D eigenvalue weighted by Gasteiger charge is -2.18. The van der Waals surface area contributed by atoms with Gasteiger partial charge in [0.15, 0.2) is 0 Å². The van der Waals surface area contributed by atoms with E-state index < -0.39 is 0 Å². The largest absolute Gasteiger partial charge is 0.337 e. The van der Waals surface area contributed by atoms with Gasteiger partial charge >= 0.3 is 0 Å². The van der Waals surface area contributed by atoms with Gasteiger partial charge in [0.25, 0.3) is 5.91 Å². The molecule has 0 spiro atoms. The Bertz CT molecular complexity index is 1090. The molecule has 4 aromatic rings. The quantitative estimate of drug-likeness (QED) is 0.579. The smallest absolute Gasteiger partial charge is 0.253 e. The Morgan fingerprint density at radius 3 is 2.75 bits per heavy atom. The fourth-order valence-corrected chi connectivity index (χ4v) is 3.05. The summed E-state index contributed by atoms with van der Waals surface area (Å²) in [5.74, 6) is -0.408. The van der Waals surface area contributed by atoms with E-state index in [1.54, 1.807) is 47.2 Å². The van der Waals surface area contributed by atoms with Gasteiger partial charge in [-0.2, -0.15) is 10.2 Å². The van der Waals surface area contributed by atoms with Crippen molar-refractivity contribution in [3.8, 4) is 16.9 Å². The Morgan fingerprint density at radius 2 is 2.00 bits per heavy atom. The molecule has 0 radical (unpaired) electrons. The number of aromatic amines is 1. The number of hydrogen-bond donors (Lipinski definition) is 1. The number of hydrogen-bond acceptors (Lipinski definition) is 3. The maximum Gasteiger partial charge on any atom is 0.253 e. The van der Waals surface area contributed by atoms with Gasteiger partial charge in [0.05, 0.1) is 17.6 Å². The number of carbonyl (C=O) groups is 1. The molecule has 0 aliphatic carbocycles. The van der Waals surface area contributed by atoms with Crippen LogP contribution in [-0.2, 0) is 6.54 Å². The first kappa shape index (κ1) is 17.7. The predicted molar refractivity (Wildman–Crippen MR) is 103 cm³/mol. The number of nitrogens with one attached hydrogen (secondary N) is 1. The normalized spacial score (nSPS) is 10.8. The molecule has 0 aliphatic rings. The highest BCUT2D eigenvalue weighted by Gasteiger charge is 2.16. The SMILES string of the molecule is CN(Cc1cn[nH]c1-c1ccc(F)cc1)C(=O)c1cccc(-n2cccn2)c1. The second-order valence-corrected chi connectivity index (χ2v) is 6.44. The zero-order chi connectivity index (χ0) is 19.5. The van der Waals surface area contributed by atoms with Crippen molar-refractivity contribution in [3.05, 3.63) is 90.1 Å². The summed E-state index contributed by atoms with van der Waals surface area (Å²) in [7, 11) is 1.74. The number of carbonyl (C=O) groups excluding carboxylic acids is 1. The standard InChI is InChI=1S/C21H18FN5O/c1-26(14-17-13-23-25-20(17)15-6-8-18(22)9-7-15)21(28)16-4-2-5-19(12-16)27-11-3-10-24-27/h2-13H,14H2,1H3,(H,23,25). The molecule has 2 heterocycles. The van der Waals surface area contributed by atoms with Crippen LogP contribution < -0.4 is 0 Å². The molecule has 0 atom stereocenters. The third-order valence-corrected chi connectivity index (χ3v) is 4.47. The van der Waals surface area contributed by atoms with E-state index in [9.17, 15) is 9.18 Å². The first-order valence-corrected chi connectivity index (χ1v) is 8.75. The zero-order valence-corrected chi connectivity index (χ0v) is 15.2. The number of halogens is 1. The Morgan fingerprint density at radius 1 is 1.18 bits per heavy atom. The number of benzene rings is 2. The van der Waals surface area contributed by atoms with Crippen molar-refractivity contribution in [2.24, 2.45) is 0 Å². The van der Waals surface area contributed by atoms with Crippen LogP contribution in [0.3, 0.4) is 0 Å². The number of aromatic nitrogens is 4. The van der Waals surface area contributed by atoms with Gasteiger partial charge < -0.3 is 4.90 Å². The molecule has 1 amide bonds. The minimum Gasteiger partial charge on any atom is -0.337 e. The summed E-state index contributed by atoms with van der Waals surface area (Å²) in [5, 5.41) is 11.2. The second-order valence-electron chi connectivity index (χ2n) is 6.44. The molecule has 6 nitrogen and oxygen atoms in total. The maximum atomic E-state index is 13.2. The summed E-state index contributed by atoms with van der Waals surface area (Å²) in [4.78, 5) is 14.5. The Balaban J connectivity index is 1.54. The molecule has 1 N–H and O–H groups in total. The molecule has 7 heteroatoms. The van der Waals surface area contributed by atoms with E-state index in [1.807, 2.05) is 30.5 Å². The molecule has 0 saturated heterocycles. The van der Waals surface area contributed by atoms with E-state index in [4.69, 9.17) is 0 Å². The predicted octanol–water partition coefficient (Wildman–Crippen LogP) is 3.67. The van der Waals surface area contributed by atoms with Gasteiger partial charge in [-0.15, -0.1) is 0 Å². The molecule has 0 fully saturated rings. The molecule has 2 aromatic carbocycles. The first-order chi connectivity index (χ1) is 13.6. The number of H-pyrrole nitrogens is 1. The molecular formula is C21H18FN5O. The fourth-order valence-electron chi connectivity index (χ4n) is 3.05. The van der Waals surface area contributed by atoms with Crippen molar-refractivity contribution in [1.82, 2.24) is 24.9 Å². The van der Waals surface area contributed by atoms with Gasteiger partial charge in [-0.1, -0.05) is 6.07 Å². The molecule has 140 valence electrons. The highest BCUT2D eigenvalue weighted by molar-refractivity contribution is 5.94. The summed E-state index contributed by atoms with van der Waals surface area (Å²) in [6, 6.07) is 15.3. The summed E-state index contributed by atoms with van der Waals surface area (Å²) in [5.41, 5.74) is 3.83. The van der Waals surface area contributed by atoms with E-state index in [2.05, 4.69) is 15.3 Å². The summed E-state index contributed by atoms with van der Waals surface area (Å²) >= 11 is 0. The summed E-state index contributed by atoms with van der Waals surface area (Å²) in [6.07, 6.45) is 5.20. The van der Waals surface area contributed by atoms with Crippen LogP contribution in [0.5, 0.6) is 0 Å². The van der Waals surface area contributed by atoms with Crippen LogP contribution in [0.25, 0.3) is 16.9 Å². The third kappa shape index (κ3) is 3.55.